The number of carbonyl (C=O) groups is 1. The molecule has 1 saturated heterocycles. The Balaban J connectivity index is 1.24. The predicted octanol–water partition coefficient (Wildman–Crippen LogP) is 6.55. The highest BCUT2D eigenvalue weighted by Crippen LogP contribution is 2.41. The minimum Gasteiger partial charge on any atom is -0.338 e. The van der Waals surface area contributed by atoms with E-state index >= 15 is 0 Å². The molecule has 0 spiro atoms. The Morgan fingerprint density at radius 3 is 2.59 bits per heavy atom. The van der Waals surface area contributed by atoms with Gasteiger partial charge in [-0.05, 0) is 91.7 Å². The van der Waals surface area contributed by atoms with Gasteiger partial charge in [-0.2, -0.15) is 0 Å². The van der Waals surface area contributed by atoms with E-state index in [9.17, 15) is 9.18 Å². The van der Waals surface area contributed by atoms with Gasteiger partial charge in [-0.15, -0.1) is 22.7 Å². The summed E-state index contributed by atoms with van der Waals surface area (Å²) >= 11 is 3.78. The number of hydrogen-bond acceptors (Lipinski definition) is 4. The van der Waals surface area contributed by atoms with Crippen LogP contribution in [0.4, 0.5) is 4.39 Å². The Bertz CT molecular complexity index is 1190. The van der Waals surface area contributed by atoms with Gasteiger partial charge in [0.15, 0.2) is 0 Å². The van der Waals surface area contributed by atoms with Crippen molar-refractivity contribution in [3.8, 4) is 0 Å². The Morgan fingerprint density at radius 1 is 1.09 bits per heavy atom. The first-order chi connectivity index (χ1) is 16.5. The van der Waals surface area contributed by atoms with Crippen LogP contribution in [0.15, 0.2) is 18.2 Å². The van der Waals surface area contributed by atoms with Crippen LogP contribution < -0.4 is 0 Å². The predicted molar refractivity (Wildman–Crippen MR) is 142 cm³/mol. The van der Waals surface area contributed by atoms with Gasteiger partial charge in [0, 0.05) is 45.9 Å². The van der Waals surface area contributed by atoms with Gasteiger partial charge >= 0.3 is 0 Å². The normalized spacial score (nSPS) is 17.5. The molecule has 34 heavy (non-hydrogen) atoms. The summed E-state index contributed by atoms with van der Waals surface area (Å²) in [6, 6.07) is 5.33. The van der Waals surface area contributed by atoms with E-state index in [1.165, 1.54) is 44.7 Å². The van der Waals surface area contributed by atoms with Crippen LogP contribution in [0.5, 0.6) is 0 Å². The van der Waals surface area contributed by atoms with Gasteiger partial charge in [0.05, 0.1) is 0 Å². The quantitative estimate of drug-likeness (QED) is 0.385. The lowest BCUT2D eigenvalue weighted by atomic mass is 9.87. The van der Waals surface area contributed by atoms with Gasteiger partial charge in [-0.25, -0.2) is 4.39 Å². The fourth-order valence-electron chi connectivity index (χ4n) is 5.94. The molecule has 4 heterocycles. The molecule has 3 aromatic rings. The number of likely N-dealkylation sites (tertiary alicyclic amines) is 1. The van der Waals surface area contributed by atoms with E-state index < -0.39 is 0 Å². The molecule has 0 atom stereocenters. The number of carbonyl (C=O) groups excluding carboxylic acids is 1. The molecular weight excluding hydrogens is 463 g/mol. The maximum absolute atomic E-state index is 13.8. The third-order valence-electron chi connectivity index (χ3n) is 7.78. The van der Waals surface area contributed by atoms with Crippen molar-refractivity contribution < 1.29 is 9.18 Å². The molecule has 2 aromatic heterocycles. The number of halogens is 1. The van der Waals surface area contributed by atoms with Crippen molar-refractivity contribution in [3.05, 3.63) is 55.3 Å². The van der Waals surface area contributed by atoms with Gasteiger partial charge < -0.3 is 9.80 Å². The molecule has 0 bridgehead atoms. The molecule has 1 fully saturated rings. The van der Waals surface area contributed by atoms with Gasteiger partial charge in [0.2, 0.25) is 5.91 Å². The number of nitrogens with zero attached hydrogens (tertiary/aromatic N) is 2. The Morgan fingerprint density at radius 2 is 1.88 bits per heavy atom. The maximum atomic E-state index is 13.8. The lowest BCUT2D eigenvalue weighted by molar-refractivity contribution is -0.129. The highest BCUT2D eigenvalue weighted by atomic mass is 32.1. The highest BCUT2D eigenvalue weighted by molar-refractivity contribution is 7.19. The molecule has 182 valence electrons. The largest absolute Gasteiger partial charge is 0.338 e. The molecule has 0 unspecified atom stereocenters. The summed E-state index contributed by atoms with van der Waals surface area (Å²) in [5.41, 5.74) is 4.44. The third kappa shape index (κ3) is 4.57. The van der Waals surface area contributed by atoms with Crippen molar-refractivity contribution in [2.45, 2.75) is 71.8 Å². The number of benzene rings is 1. The molecular formula is C28H35FN2OS2. The fourth-order valence-corrected chi connectivity index (χ4v) is 8.58. The maximum Gasteiger partial charge on any atom is 0.219 e. The minimum absolute atomic E-state index is 0.131. The molecule has 0 aliphatic carbocycles. The summed E-state index contributed by atoms with van der Waals surface area (Å²) in [6.07, 6.45) is 6.58. The zero-order valence-electron chi connectivity index (χ0n) is 20.6. The second kappa shape index (κ2) is 10.1. The topological polar surface area (TPSA) is 23.6 Å². The standard InChI is InChI=1S/C28H35FN2OS2/c1-4-21-23-17-31(18(3)32)15-11-26(23)34-25(21)10-14-30-12-8-19(9-13-30)28-22-7-6-20(29)16-27(22)33-24(28)5-2/h6-7,16,19H,4-5,8-15,17H2,1-3H3. The number of rotatable bonds is 6. The Kier molecular flexibility index (Phi) is 7.10. The fraction of sp³-hybridized carbons (Fsp3) is 0.536. The number of thiophene rings is 2. The Labute approximate surface area is 210 Å². The van der Waals surface area contributed by atoms with E-state index in [0.717, 1.165) is 63.1 Å². The average Bonchev–Trinajstić information content (AvgIpc) is 3.39. The molecule has 5 rings (SSSR count). The summed E-state index contributed by atoms with van der Waals surface area (Å²) in [4.78, 5) is 21.0. The van der Waals surface area contributed by atoms with Crippen LogP contribution in [0.25, 0.3) is 10.1 Å². The lowest BCUT2D eigenvalue weighted by Crippen LogP contribution is -2.34. The van der Waals surface area contributed by atoms with E-state index in [-0.39, 0.29) is 11.7 Å². The SMILES string of the molecule is CCc1sc2cc(F)ccc2c1C1CCN(CCc2sc3c(c2CC)CN(C(C)=O)CC3)CC1. The first-order valence-corrected chi connectivity index (χ1v) is 14.4. The van der Waals surface area contributed by atoms with Crippen LogP contribution in [-0.2, 0) is 37.0 Å². The molecule has 2 aliphatic rings. The van der Waals surface area contributed by atoms with E-state index in [1.807, 2.05) is 22.3 Å². The molecule has 3 nitrogen and oxygen atoms in total. The number of fused-ring (bicyclic) bond motifs is 2. The van der Waals surface area contributed by atoms with E-state index in [1.54, 1.807) is 35.3 Å². The van der Waals surface area contributed by atoms with Crippen molar-refractivity contribution >= 4 is 38.7 Å². The number of piperidine rings is 1. The third-order valence-corrected chi connectivity index (χ3v) is 10.5. The van der Waals surface area contributed by atoms with Crippen molar-refractivity contribution in [2.24, 2.45) is 0 Å². The molecule has 0 radical (unpaired) electrons. The van der Waals surface area contributed by atoms with E-state index in [2.05, 4.69) is 18.7 Å². The molecule has 2 aliphatic heterocycles. The second-order valence-corrected chi connectivity index (χ2v) is 12.1. The van der Waals surface area contributed by atoms with Crippen LogP contribution in [-0.4, -0.2) is 41.9 Å². The zero-order valence-corrected chi connectivity index (χ0v) is 22.2. The van der Waals surface area contributed by atoms with Gasteiger partial charge in [0.25, 0.3) is 0 Å². The van der Waals surface area contributed by atoms with Crippen LogP contribution in [0.2, 0.25) is 0 Å². The van der Waals surface area contributed by atoms with E-state index in [4.69, 9.17) is 0 Å². The molecule has 1 amide bonds. The lowest BCUT2D eigenvalue weighted by Gasteiger charge is -2.32. The minimum atomic E-state index is -0.131. The summed E-state index contributed by atoms with van der Waals surface area (Å²) in [5, 5.41) is 1.28. The number of aryl methyl sites for hydroxylation is 1. The van der Waals surface area contributed by atoms with Gasteiger partial charge in [-0.1, -0.05) is 19.9 Å². The van der Waals surface area contributed by atoms with E-state index in [0.29, 0.717) is 5.92 Å². The van der Waals surface area contributed by atoms with Crippen LogP contribution >= 0.6 is 22.7 Å². The van der Waals surface area contributed by atoms with Crippen LogP contribution in [0.1, 0.15) is 70.9 Å². The smallest absolute Gasteiger partial charge is 0.219 e. The molecule has 1 aromatic carbocycles. The average molecular weight is 499 g/mol. The summed E-state index contributed by atoms with van der Waals surface area (Å²) in [7, 11) is 0. The Hall–Kier alpha value is -1.76. The highest BCUT2D eigenvalue weighted by Gasteiger charge is 2.27. The first kappa shape index (κ1) is 24.0. The zero-order chi connectivity index (χ0) is 23.8. The second-order valence-electron chi connectivity index (χ2n) is 9.75. The first-order valence-electron chi connectivity index (χ1n) is 12.8. The van der Waals surface area contributed by atoms with Crippen molar-refractivity contribution in [2.75, 3.05) is 26.2 Å². The monoisotopic (exact) mass is 498 g/mol. The summed E-state index contributed by atoms with van der Waals surface area (Å²) in [5.74, 6) is 0.648. The van der Waals surface area contributed by atoms with Gasteiger partial charge in [0.1, 0.15) is 5.82 Å². The van der Waals surface area contributed by atoms with Crippen LogP contribution in [0.3, 0.4) is 0 Å². The van der Waals surface area contributed by atoms with Crippen molar-refractivity contribution in [3.63, 3.8) is 0 Å². The summed E-state index contributed by atoms with van der Waals surface area (Å²) in [6.45, 7) is 11.2. The van der Waals surface area contributed by atoms with Crippen LogP contribution in [0, 0.1) is 5.82 Å². The number of amides is 1. The molecule has 0 saturated carbocycles. The van der Waals surface area contributed by atoms with Gasteiger partial charge in [-0.3, -0.25) is 4.79 Å². The van der Waals surface area contributed by atoms with Crippen molar-refractivity contribution in [1.82, 2.24) is 9.80 Å². The number of hydrogen-bond donors (Lipinski definition) is 0. The molecule has 6 heteroatoms. The summed E-state index contributed by atoms with van der Waals surface area (Å²) < 4.78 is 14.9. The molecule has 0 N–H and O–H groups in total. The van der Waals surface area contributed by atoms with Crippen molar-refractivity contribution in [1.29, 1.82) is 0 Å².